The molecule has 2 aliphatic rings. The van der Waals surface area contributed by atoms with Gasteiger partial charge in [-0.2, -0.15) is 8.61 Å². The molecule has 12 nitrogen and oxygen atoms in total. The van der Waals surface area contributed by atoms with Crippen LogP contribution in [0.5, 0.6) is 0 Å². The summed E-state index contributed by atoms with van der Waals surface area (Å²) in [5.41, 5.74) is 0.802. The molecule has 2 aromatic rings. The number of ether oxygens (including phenoxy) is 3. The molecule has 0 spiro atoms. The highest BCUT2D eigenvalue weighted by atomic mass is 35.5. The number of benzene rings is 2. The lowest BCUT2D eigenvalue weighted by molar-refractivity contribution is -0.147. The van der Waals surface area contributed by atoms with Gasteiger partial charge in [0, 0.05) is 32.6 Å². The van der Waals surface area contributed by atoms with Crippen molar-refractivity contribution >= 4 is 49.2 Å². The minimum absolute atomic E-state index is 0.0309. The predicted octanol–water partition coefficient (Wildman–Crippen LogP) is 1.50. The van der Waals surface area contributed by atoms with Gasteiger partial charge in [0.15, 0.2) is 6.61 Å². The topological polar surface area (TPSA) is 149 Å². The largest absolute Gasteiger partial charge is 0.456 e. The summed E-state index contributed by atoms with van der Waals surface area (Å²) >= 11 is 6.14. The number of aryl methyl sites for hydroxylation is 1. The summed E-state index contributed by atoms with van der Waals surface area (Å²) in [6, 6.07) is 10.2. The molecule has 2 saturated heterocycles. The van der Waals surface area contributed by atoms with E-state index in [-0.39, 0.29) is 46.4 Å². The number of amides is 1. The number of sulfonamides is 2. The maximum atomic E-state index is 12.9. The standard InChI is InChI=1S/C25H30ClN3O9S2/c26-22-7-6-21(40(34,35)29-11-15-37-16-12-29)17-23(22)27-24(30)18-38-25(31)8-3-19-1-4-20(5-2-19)39(32,33)28-9-13-36-14-10-28/h1-2,4-7,17H,3,8-16,18H2,(H,27,30). The molecule has 0 aromatic heterocycles. The molecule has 1 N–H and O–H groups in total. The summed E-state index contributed by atoms with van der Waals surface area (Å²) in [5.74, 6) is -1.32. The van der Waals surface area contributed by atoms with Crippen molar-refractivity contribution in [3.8, 4) is 0 Å². The number of esters is 1. The van der Waals surface area contributed by atoms with E-state index in [9.17, 15) is 26.4 Å². The Kier molecular flexibility index (Phi) is 10.2. The third-order valence-electron chi connectivity index (χ3n) is 6.33. The Balaban J connectivity index is 1.26. The fourth-order valence-electron chi connectivity index (χ4n) is 4.11. The Morgan fingerprint density at radius 3 is 1.93 bits per heavy atom. The minimum Gasteiger partial charge on any atom is -0.456 e. The van der Waals surface area contributed by atoms with Gasteiger partial charge in [0.05, 0.1) is 46.9 Å². The van der Waals surface area contributed by atoms with Gasteiger partial charge in [0.2, 0.25) is 20.0 Å². The molecule has 218 valence electrons. The lowest BCUT2D eigenvalue weighted by atomic mass is 10.1. The fourth-order valence-corrected chi connectivity index (χ4v) is 7.12. The Hall–Kier alpha value is -2.59. The van der Waals surface area contributed by atoms with E-state index in [1.165, 1.54) is 38.9 Å². The van der Waals surface area contributed by atoms with E-state index in [0.717, 1.165) is 5.56 Å². The second-order valence-corrected chi connectivity index (χ2v) is 13.3. The number of hydrogen-bond acceptors (Lipinski definition) is 9. The molecule has 2 heterocycles. The fraction of sp³-hybridized carbons (Fsp3) is 0.440. The zero-order valence-corrected chi connectivity index (χ0v) is 24.0. The van der Waals surface area contributed by atoms with Crippen LogP contribution < -0.4 is 5.32 Å². The molecule has 1 amide bonds. The van der Waals surface area contributed by atoms with Crippen molar-refractivity contribution in [2.24, 2.45) is 0 Å². The summed E-state index contributed by atoms with van der Waals surface area (Å²) in [7, 11) is -7.40. The van der Waals surface area contributed by atoms with Gasteiger partial charge in [-0.05, 0) is 42.3 Å². The molecule has 2 fully saturated rings. The molecule has 0 radical (unpaired) electrons. The third kappa shape index (κ3) is 7.57. The van der Waals surface area contributed by atoms with Crippen molar-refractivity contribution in [1.82, 2.24) is 8.61 Å². The Morgan fingerprint density at radius 2 is 1.35 bits per heavy atom. The van der Waals surface area contributed by atoms with E-state index in [2.05, 4.69) is 5.32 Å². The number of carbonyl (C=O) groups is 2. The number of rotatable bonds is 10. The van der Waals surface area contributed by atoms with Gasteiger partial charge in [-0.3, -0.25) is 9.59 Å². The first-order valence-electron chi connectivity index (χ1n) is 12.6. The molecular weight excluding hydrogens is 586 g/mol. The van der Waals surface area contributed by atoms with Gasteiger partial charge in [-0.25, -0.2) is 16.8 Å². The van der Waals surface area contributed by atoms with Crippen LogP contribution in [0.4, 0.5) is 5.69 Å². The van der Waals surface area contributed by atoms with Crippen LogP contribution in [0.3, 0.4) is 0 Å². The second kappa shape index (κ2) is 13.4. The van der Waals surface area contributed by atoms with Crippen molar-refractivity contribution < 1.29 is 40.6 Å². The Labute approximate surface area is 238 Å². The highest BCUT2D eigenvalue weighted by Gasteiger charge is 2.28. The molecule has 2 aliphatic heterocycles. The van der Waals surface area contributed by atoms with Crippen LogP contribution in [0.15, 0.2) is 52.3 Å². The van der Waals surface area contributed by atoms with Gasteiger partial charge in [-0.15, -0.1) is 0 Å². The lowest BCUT2D eigenvalue weighted by Crippen LogP contribution is -2.40. The highest BCUT2D eigenvalue weighted by molar-refractivity contribution is 7.89. The van der Waals surface area contributed by atoms with Gasteiger partial charge in [0.1, 0.15) is 0 Å². The van der Waals surface area contributed by atoms with E-state index < -0.39 is 38.5 Å². The smallest absolute Gasteiger partial charge is 0.306 e. The van der Waals surface area contributed by atoms with Crippen molar-refractivity contribution in [3.05, 3.63) is 53.1 Å². The minimum atomic E-state index is -3.80. The van der Waals surface area contributed by atoms with Gasteiger partial charge in [-0.1, -0.05) is 23.7 Å². The Bertz CT molecular complexity index is 1420. The second-order valence-electron chi connectivity index (χ2n) is 9.03. The first-order valence-corrected chi connectivity index (χ1v) is 15.8. The van der Waals surface area contributed by atoms with E-state index in [1.807, 2.05) is 0 Å². The summed E-state index contributed by atoms with van der Waals surface area (Å²) in [6.07, 6.45) is 0.252. The molecule has 0 aliphatic carbocycles. The van der Waals surface area contributed by atoms with Crippen LogP contribution in [-0.2, 0) is 50.3 Å². The van der Waals surface area contributed by atoms with Crippen LogP contribution in [0.1, 0.15) is 12.0 Å². The van der Waals surface area contributed by atoms with Gasteiger partial charge in [0.25, 0.3) is 5.91 Å². The normalized spacial score (nSPS) is 17.3. The SMILES string of the molecule is O=C(COC(=O)CCc1ccc(S(=O)(=O)N2CCOCC2)cc1)Nc1cc(S(=O)(=O)N2CCOCC2)ccc1Cl. The van der Waals surface area contributed by atoms with E-state index in [0.29, 0.717) is 39.5 Å². The average Bonchev–Trinajstić information content (AvgIpc) is 2.97. The molecular formula is C25H30ClN3O9S2. The number of halogens is 1. The lowest BCUT2D eigenvalue weighted by Gasteiger charge is -2.26. The van der Waals surface area contributed by atoms with Crippen molar-refractivity contribution in [2.45, 2.75) is 22.6 Å². The summed E-state index contributed by atoms with van der Waals surface area (Å²) in [6.45, 7) is 1.76. The number of nitrogens with one attached hydrogen (secondary N) is 1. The zero-order chi connectivity index (χ0) is 28.8. The monoisotopic (exact) mass is 615 g/mol. The van der Waals surface area contributed by atoms with Crippen molar-refractivity contribution in [2.75, 3.05) is 64.5 Å². The quantitative estimate of drug-likeness (QED) is 0.392. The molecule has 0 unspecified atom stereocenters. The predicted molar refractivity (Wildman–Crippen MR) is 145 cm³/mol. The molecule has 0 bridgehead atoms. The van der Waals surface area contributed by atoms with Crippen LogP contribution in [0.2, 0.25) is 5.02 Å². The maximum Gasteiger partial charge on any atom is 0.306 e. The van der Waals surface area contributed by atoms with Crippen molar-refractivity contribution in [1.29, 1.82) is 0 Å². The number of morpholine rings is 2. The number of hydrogen-bond donors (Lipinski definition) is 1. The molecule has 0 saturated carbocycles. The summed E-state index contributed by atoms with van der Waals surface area (Å²) in [4.78, 5) is 24.7. The first-order chi connectivity index (χ1) is 19.1. The molecule has 15 heteroatoms. The van der Waals surface area contributed by atoms with Gasteiger partial charge >= 0.3 is 5.97 Å². The molecule has 2 aromatic carbocycles. The van der Waals surface area contributed by atoms with E-state index in [1.54, 1.807) is 12.1 Å². The zero-order valence-electron chi connectivity index (χ0n) is 21.6. The van der Waals surface area contributed by atoms with Crippen LogP contribution >= 0.6 is 11.6 Å². The highest BCUT2D eigenvalue weighted by Crippen LogP contribution is 2.27. The third-order valence-corrected chi connectivity index (χ3v) is 10.5. The first kappa shape index (κ1) is 30.4. The maximum absolute atomic E-state index is 12.9. The van der Waals surface area contributed by atoms with E-state index >= 15 is 0 Å². The summed E-state index contributed by atoms with van der Waals surface area (Å²) in [5, 5.41) is 2.60. The molecule has 4 rings (SSSR count). The summed E-state index contributed by atoms with van der Waals surface area (Å²) < 4.78 is 69.3. The number of nitrogens with zero attached hydrogens (tertiary/aromatic N) is 2. The van der Waals surface area contributed by atoms with Crippen LogP contribution in [0.25, 0.3) is 0 Å². The van der Waals surface area contributed by atoms with Crippen LogP contribution in [0, 0.1) is 0 Å². The van der Waals surface area contributed by atoms with Crippen molar-refractivity contribution in [3.63, 3.8) is 0 Å². The number of carbonyl (C=O) groups excluding carboxylic acids is 2. The molecule has 0 atom stereocenters. The molecule has 40 heavy (non-hydrogen) atoms. The Morgan fingerprint density at radius 1 is 0.825 bits per heavy atom. The average molecular weight is 616 g/mol. The van der Waals surface area contributed by atoms with E-state index in [4.69, 9.17) is 25.8 Å². The number of anilines is 1. The van der Waals surface area contributed by atoms with Gasteiger partial charge < -0.3 is 19.5 Å². The van der Waals surface area contributed by atoms with Crippen LogP contribution in [-0.4, -0.2) is 96.5 Å².